The molecule has 2 fully saturated rings. The predicted octanol–water partition coefficient (Wildman–Crippen LogP) is -1.81. The van der Waals surface area contributed by atoms with E-state index < -0.39 is 42.3 Å². The number of rotatable bonds is 2. The van der Waals surface area contributed by atoms with Crippen molar-refractivity contribution >= 4 is 24.0 Å². The molecule has 0 aromatic heterocycles. The number of amidine groups is 1. The molecular formula is C13H17N5O5. The molecule has 4 rings (SSSR count). The molecule has 2 saturated heterocycles. The Kier molecular flexibility index (Phi) is 3.07. The van der Waals surface area contributed by atoms with Gasteiger partial charge in [0.05, 0.1) is 12.9 Å². The van der Waals surface area contributed by atoms with E-state index in [0.29, 0.717) is 5.84 Å². The van der Waals surface area contributed by atoms with E-state index in [2.05, 4.69) is 15.0 Å². The van der Waals surface area contributed by atoms with Gasteiger partial charge in [-0.25, -0.2) is 0 Å². The van der Waals surface area contributed by atoms with Crippen LogP contribution in [0.2, 0.25) is 0 Å². The van der Waals surface area contributed by atoms with E-state index in [9.17, 15) is 9.90 Å². The fourth-order valence-electron chi connectivity index (χ4n) is 3.24. The highest BCUT2D eigenvalue weighted by Gasteiger charge is 2.58. The fraction of sp³-hybridized carbons (Fsp3) is 0.692. The highest BCUT2D eigenvalue weighted by atomic mass is 16.8. The molecule has 4 aliphatic heterocycles. The predicted molar refractivity (Wildman–Crippen MR) is 77.8 cm³/mol. The van der Waals surface area contributed by atoms with E-state index in [1.54, 1.807) is 18.7 Å². The van der Waals surface area contributed by atoms with Gasteiger partial charge in [0.15, 0.2) is 23.9 Å². The molecule has 0 radical (unpaired) electrons. The van der Waals surface area contributed by atoms with Crippen LogP contribution in [-0.2, 0) is 19.0 Å². The summed E-state index contributed by atoms with van der Waals surface area (Å²) in [5, 5.41) is 9.52. The molecule has 10 nitrogen and oxygen atoms in total. The van der Waals surface area contributed by atoms with Gasteiger partial charge in [0, 0.05) is 0 Å². The molecule has 1 amide bonds. The molecule has 5 atom stereocenters. The number of hydrogen-bond donors (Lipinski definition) is 2. The Morgan fingerprint density at radius 1 is 1.35 bits per heavy atom. The zero-order valence-corrected chi connectivity index (χ0v) is 12.6. The number of carbonyl (C=O) groups excluding carboxylic acids is 1. The van der Waals surface area contributed by atoms with Crippen molar-refractivity contribution in [3.8, 4) is 0 Å². The quantitative estimate of drug-likeness (QED) is 0.612. The van der Waals surface area contributed by atoms with Crippen LogP contribution in [-0.4, -0.2) is 77.0 Å². The first-order valence-corrected chi connectivity index (χ1v) is 7.30. The Bertz CT molecular complexity index is 645. The van der Waals surface area contributed by atoms with Gasteiger partial charge in [0.25, 0.3) is 5.91 Å². The molecular weight excluding hydrogens is 306 g/mol. The zero-order valence-electron chi connectivity index (χ0n) is 12.6. The molecule has 124 valence electrons. The fourth-order valence-corrected chi connectivity index (χ4v) is 3.24. The first kappa shape index (κ1) is 14.7. The van der Waals surface area contributed by atoms with Crippen LogP contribution in [0, 0.1) is 0 Å². The van der Waals surface area contributed by atoms with E-state index in [1.165, 1.54) is 6.34 Å². The lowest BCUT2D eigenvalue weighted by Gasteiger charge is -2.29. The van der Waals surface area contributed by atoms with Gasteiger partial charge < -0.3 is 25.1 Å². The monoisotopic (exact) mass is 323 g/mol. The van der Waals surface area contributed by atoms with E-state index >= 15 is 0 Å². The number of aliphatic hydroxyl groups excluding tert-OH is 1. The van der Waals surface area contributed by atoms with Crippen molar-refractivity contribution in [3.05, 3.63) is 0 Å². The standard InChI is InChI=1S/C13H17N5O5/c1-13(2)22-7-5(3-19)21-11(8(7)23-13)18-4-15-6-9(18)16-12(14)17-10(6)20/h4-8,11,19H,3H2,1-2H3,(H2,14,17,20)/t5-,6?,7-,8-,11-/m1/s1. The van der Waals surface area contributed by atoms with Gasteiger partial charge in [-0.05, 0) is 13.8 Å². The van der Waals surface area contributed by atoms with Crippen molar-refractivity contribution in [2.75, 3.05) is 6.61 Å². The lowest BCUT2D eigenvalue weighted by atomic mass is 10.1. The summed E-state index contributed by atoms with van der Waals surface area (Å²) in [5.41, 5.74) is 5.57. The Morgan fingerprint density at radius 2 is 2.09 bits per heavy atom. The van der Waals surface area contributed by atoms with Crippen LogP contribution in [0.15, 0.2) is 15.0 Å². The highest BCUT2D eigenvalue weighted by molar-refractivity contribution is 6.21. The second kappa shape index (κ2) is 4.81. The molecule has 23 heavy (non-hydrogen) atoms. The number of fused-ring (bicyclic) bond motifs is 2. The van der Waals surface area contributed by atoms with E-state index in [4.69, 9.17) is 19.9 Å². The summed E-state index contributed by atoms with van der Waals surface area (Å²) in [6, 6.07) is -0.812. The van der Waals surface area contributed by atoms with Gasteiger partial charge in [0.2, 0.25) is 5.96 Å². The summed E-state index contributed by atoms with van der Waals surface area (Å²) >= 11 is 0. The molecule has 10 heteroatoms. The molecule has 4 aliphatic rings. The molecule has 3 N–H and O–H groups in total. The summed E-state index contributed by atoms with van der Waals surface area (Å²) in [7, 11) is 0. The number of aliphatic imine (C=N–C) groups is 3. The molecule has 0 spiro atoms. The summed E-state index contributed by atoms with van der Waals surface area (Å²) in [6.45, 7) is 3.38. The SMILES string of the molecule is CC1(C)O[C@@H]2[C@H](O1)[C@@H](CO)O[C@H]2N1C=NC2C(=O)N=C(N)N=C21. The van der Waals surface area contributed by atoms with Crippen LogP contribution in [0.4, 0.5) is 0 Å². The zero-order chi connectivity index (χ0) is 16.4. The van der Waals surface area contributed by atoms with Gasteiger partial charge in [-0.15, -0.1) is 0 Å². The van der Waals surface area contributed by atoms with Gasteiger partial charge in [-0.2, -0.15) is 9.98 Å². The van der Waals surface area contributed by atoms with Crippen molar-refractivity contribution in [2.45, 2.75) is 50.2 Å². The number of ether oxygens (including phenoxy) is 3. The summed E-state index contributed by atoms with van der Waals surface area (Å²) in [4.78, 5) is 25.3. The molecule has 1 unspecified atom stereocenters. The third-order valence-corrected chi connectivity index (χ3v) is 4.12. The van der Waals surface area contributed by atoms with Gasteiger partial charge in [-0.3, -0.25) is 14.7 Å². The summed E-state index contributed by atoms with van der Waals surface area (Å²) in [5.74, 6) is -1.03. The maximum absolute atomic E-state index is 11.9. The van der Waals surface area contributed by atoms with Crippen molar-refractivity contribution in [1.29, 1.82) is 0 Å². The van der Waals surface area contributed by atoms with Crippen LogP contribution >= 0.6 is 0 Å². The van der Waals surface area contributed by atoms with Gasteiger partial charge >= 0.3 is 0 Å². The second-order valence-electron chi connectivity index (χ2n) is 6.17. The van der Waals surface area contributed by atoms with Crippen LogP contribution in [0.3, 0.4) is 0 Å². The molecule has 4 heterocycles. The summed E-state index contributed by atoms with van der Waals surface area (Å²) in [6.07, 6.45) is -0.565. The van der Waals surface area contributed by atoms with Crippen molar-refractivity contribution in [3.63, 3.8) is 0 Å². The smallest absolute Gasteiger partial charge is 0.281 e. The maximum atomic E-state index is 11.9. The van der Waals surface area contributed by atoms with Crippen LogP contribution in [0.1, 0.15) is 13.8 Å². The maximum Gasteiger partial charge on any atom is 0.281 e. The topological polar surface area (TPSA) is 131 Å². The molecule has 0 saturated carbocycles. The van der Waals surface area contributed by atoms with Crippen LogP contribution < -0.4 is 5.73 Å². The molecule has 0 bridgehead atoms. The highest BCUT2D eigenvalue weighted by Crippen LogP contribution is 2.40. The average Bonchev–Trinajstić information content (AvgIpc) is 3.09. The van der Waals surface area contributed by atoms with Gasteiger partial charge in [0.1, 0.15) is 18.3 Å². The number of hydrogen-bond acceptors (Lipinski definition) is 9. The Morgan fingerprint density at radius 3 is 2.83 bits per heavy atom. The number of aliphatic hydroxyl groups is 1. The summed E-state index contributed by atoms with van der Waals surface area (Å²) < 4.78 is 17.5. The normalized spacial score (nSPS) is 40.9. The number of nitrogens with zero attached hydrogens (tertiary/aromatic N) is 4. The molecule has 0 aliphatic carbocycles. The Balaban J connectivity index is 1.65. The number of carbonyl (C=O) groups is 1. The lowest BCUT2D eigenvalue weighted by molar-refractivity contribution is -0.198. The van der Waals surface area contributed by atoms with Crippen LogP contribution in [0.25, 0.3) is 0 Å². The first-order chi connectivity index (χ1) is 10.9. The van der Waals surface area contributed by atoms with E-state index in [0.717, 1.165) is 0 Å². The number of amides is 1. The minimum Gasteiger partial charge on any atom is -0.394 e. The third-order valence-electron chi connectivity index (χ3n) is 4.12. The largest absolute Gasteiger partial charge is 0.394 e. The number of nitrogens with two attached hydrogens (primary N) is 1. The Labute approximate surface area is 131 Å². The molecule has 0 aromatic carbocycles. The second-order valence-corrected chi connectivity index (χ2v) is 6.17. The van der Waals surface area contributed by atoms with Crippen molar-refractivity contribution < 1.29 is 24.1 Å². The molecule has 0 aromatic rings. The van der Waals surface area contributed by atoms with Crippen molar-refractivity contribution in [2.24, 2.45) is 20.7 Å². The Hall–Kier alpha value is -1.88. The number of guanidine groups is 1. The minimum absolute atomic E-state index is 0.117. The first-order valence-electron chi connectivity index (χ1n) is 7.30. The minimum atomic E-state index is -0.812. The van der Waals surface area contributed by atoms with E-state index in [1.807, 2.05) is 0 Å². The average molecular weight is 323 g/mol. The van der Waals surface area contributed by atoms with E-state index in [-0.39, 0.29) is 12.6 Å². The third kappa shape index (κ3) is 2.17. The van der Waals surface area contributed by atoms with Gasteiger partial charge in [-0.1, -0.05) is 0 Å². The van der Waals surface area contributed by atoms with Crippen LogP contribution in [0.5, 0.6) is 0 Å². The van der Waals surface area contributed by atoms with Crippen molar-refractivity contribution in [1.82, 2.24) is 4.90 Å². The lowest BCUT2D eigenvalue weighted by Crippen LogP contribution is -2.49.